The maximum absolute atomic E-state index is 12.8. The molecule has 0 aliphatic heterocycles. The normalized spacial score (nSPS) is 11.5. The summed E-state index contributed by atoms with van der Waals surface area (Å²) in [4.78, 5) is 12.6. The molecule has 0 saturated carbocycles. The zero-order valence-corrected chi connectivity index (χ0v) is 19.7. The van der Waals surface area contributed by atoms with Gasteiger partial charge in [0.05, 0.1) is 12.1 Å². The molecule has 0 aliphatic rings. The van der Waals surface area contributed by atoms with Gasteiger partial charge >= 0.3 is 6.18 Å². The van der Waals surface area contributed by atoms with Gasteiger partial charge in [-0.3, -0.25) is 9.48 Å². The first-order valence-corrected chi connectivity index (χ1v) is 11.0. The topological polar surface area (TPSA) is 74.0 Å². The van der Waals surface area contributed by atoms with E-state index in [0.717, 1.165) is 17.8 Å². The third-order valence-corrected chi connectivity index (χ3v) is 5.70. The van der Waals surface area contributed by atoms with Gasteiger partial charge in [0.1, 0.15) is 5.75 Å². The van der Waals surface area contributed by atoms with E-state index in [9.17, 15) is 18.0 Å². The largest absolute Gasteiger partial charge is 0.471 e. The van der Waals surface area contributed by atoms with Crippen LogP contribution in [0.4, 0.5) is 19.0 Å². The second kappa shape index (κ2) is 10.0. The minimum atomic E-state index is -4.47. The molecule has 1 amide bonds. The molecule has 1 N–H and O–H groups in total. The Labute approximate surface area is 208 Å². The van der Waals surface area contributed by atoms with E-state index in [2.05, 4.69) is 15.5 Å². The molecule has 7 nitrogen and oxygen atoms in total. The Morgan fingerprint density at radius 3 is 2.49 bits per heavy atom. The number of aryl methyl sites for hydroxylation is 1. The van der Waals surface area contributed by atoms with Crippen molar-refractivity contribution in [3.05, 3.63) is 93.4 Å². The summed E-state index contributed by atoms with van der Waals surface area (Å²) in [5.41, 5.74) is 0.747. The molecule has 0 spiro atoms. The third-order valence-electron chi connectivity index (χ3n) is 4.99. The summed E-state index contributed by atoms with van der Waals surface area (Å²) in [7, 11) is 0. The smallest absolute Gasteiger partial charge is 0.416 e. The number of aromatic nitrogens is 4. The summed E-state index contributed by atoms with van der Waals surface area (Å²) in [5.74, 6) is -0.172. The van der Waals surface area contributed by atoms with Crippen molar-refractivity contribution in [3.63, 3.8) is 0 Å². The molecule has 2 aromatic heterocycles. The van der Waals surface area contributed by atoms with Crippen LogP contribution in [0.5, 0.6) is 5.75 Å². The summed E-state index contributed by atoms with van der Waals surface area (Å²) >= 11 is 12.5. The molecule has 0 unspecified atom stereocenters. The highest BCUT2D eigenvalue weighted by Gasteiger charge is 2.30. The van der Waals surface area contributed by atoms with Gasteiger partial charge < -0.3 is 10.1 Å². The van der Waals surface area contributed by atoms with Crippen LogP contribution in [-0.2, 0) is 19.5 Å². The number of ether oxygens (including phenoxy) is 1. The average molecular weight is 524 g/mol. The molecular weight excluding hydrogens is 506 g/mol. The quantitative estimate of drug-likeness (QED) is 0.320. The van der Waals surface area contributed by atoms with Crippen molar-refractivity contribution in [2.45, 2.75) is 26.4 Å². The molecule has 0 bridgehead atoms. The lowest BCUT2D eigenvalue weighted by Gasteiger charge is -2.10. The number of hydrogen-bond acceptors (Lipinski definition) is 4. The zero-order chi connectivity index (χ0) is 25.2. The number of amides is 1. The molecule has 2 heterocycles. The summed E-state index contributed by atoms with van der Waals surface area (Å²) in [6.07, 6.45) is -2.99. The van der Waals surface area contributed by atoms with E-state index in [4.69, 9.17) is 27.9 Å². The molecule has 0 fully saturated rings. The van der Waals surface area contributed by atoms with Crippen molar-refractivity contribution in [2.75, 3.05) is 5.32 Å². The van der Waals surface area contributed by atoms with Gasteiger partial charge in [0.2, 0.25) is 0 Å². The number of nitrogens with one attached hydrogen (secondary N) is 1. The molecule has 4 rings (SSSR count). The number of carbonyl (C=O) groups is 1. The van der Waals surface area contributed by atoms with Crippen molar-refractivity contribution >= 4 is 34.9 Å². The summed E-state index contributed by atoms with van der Waals surface area (Å²) < 4.78 is 46.8. The van der Waals surface area contributed by atoms with Gasteiger partial charge in [-0.1, -0.05) is 35.3 Å². The van der Waals surface area contributed by atoms with Crippen LogP contribution in [0.3, 0.4) is 0 Å². The fourth-order valence-corrected chi connectivity index (χ4v) is 3.72. The van der Waals surface area contributed by atoms with E-state index in [1.165, 1.54) is 29.1 Å². The Kier molecular flexibility index (Phi) is 7.04. The van der Waals surface area contributed by atoms with Crippen molar-refractivity contribution < 1.29 is 22.7 Å². The van der Waals surface area contributed by atoms with Gasteiger partial charge in [-0.25, -0.2) is 4.68 Å². The molecular formula is C23H18Cl2F3N5O2. The minimum absolute atomic E-state index is 0.0287. The van der Waals surface area contributed by atoms with Crippen molar-refractivity contribution in [2.24, 2.45) is 0 Å². The Hall–Kier alpha value is -3.50. The van der Waals surface area contributed by atoms with E-state index < -0.39 is 17.6 Å². The van der Waals surface area contributed by atoms with Crippen molar-refractivity contribution in [3.8, 4) is 5.75 Å². The predicted octanol–water partition coefficient (Wildman–Crippen LogP) is 6.05. The predicted molar refractivity (Wildman–Crippen MR) is 125 cm³/mol. The Morgan fingerprint density at radius 1 is 1.06 bits per heavy atom. The number of halogens is 5. The maximum atomic E-state index is 12.8. The minimum Gasteiger partial charge on any atom is -0.471 e. The SMILES string of the molecule is Cc1cc(NC(=O)c2ccn(COc3cccc(C(F)(F)F)c3)n2)nn1Cc1c(Cl)cccc1Cl. The molecule has 182 valence electrons. The fourth-order valence-electron chi connectivity index (χ4n) is 3.20. The fraction of sp³-hybridized carbons (Fsp3) is 0.174. The second-order valence-electron chi connectivity index (χ2n) is 7.52. The lowest BCUT2D eigenvalue weighted by atomic mass is 10.2. The first-order chi connectivity index (χ1) is 16.6. The van der Waals surface area contributed by atoms with Crippen LogP contribution in [0.25, 0.3) is 0 Å². The highest BCUT2D eigenvalue weighted by Crippen LogP contribution is 2.31. The lowest BCUT2D eigenvalue weighted by molar-refractivity contribution is -0.137. The number of rotatable bonds is 7. The summed E-state index contributed by atoms with van der Waals surface area (Å²) in [5, 5.41) is 12.2. The first-order valence-electron chi connectivity index (χ1n) is 10.2. The molecule has 35 heavy (non-hydrogen) atoms. The monoisotopic (exact) mass is 523 g/mol. The highest BCUT2D eigenvalue weighted by molar-refractivity contribution is 6.35. The number of hydrogen-bond donors (Lipinski definition) is 1. The number of carbonyl (C=O) groups excluding carboxylic acids is 1. The Bertz CT molecular complexity index is 1350. The Morgan fingerprint density at radius 2 is 1.77 bits per heavy atom. The van der Waals surface area contributed by atoms with Gasteiger partial charge in [0.25, 0.3) is 5.91 Å². The van der Waals surface area contributed by atoms with Crippen LogP contribution in [0, 0.1) is 6.92 Å². The van der Waals surface area contributed by atoms with Gasteiger partial charge in [0, 0.05) is 33.6 Å². The zero-order valence-electron chi connectivity index (χ0n) is 18.2. The lowest BCUT2D eigenvalue weighted by Crippen LogP contribution is -2.15. The molecule has 0 saturated heterocycles. The number of anilines is 1. The van der Waals surface area contributed by atoms with Crippen LogP contribution < -0.4 is 10.1 Å². The molecule has 0 radical (unpaired) electrons. The van der Waals surface area contributed by atoms with E-state index in [1.807, 2.05) is 6.92 Å². The van der Waals surface area contributed by atoms with Crippen LogP contribution >= 0.6 is 23.2 Å². The molecule has 0 aliphatic carbocycles. The van der Waals surface area contributed by atoms with Crippen LogP contribution in [0.1, 0.15) is 27.3 Å². The van der Waals surface area contributed by atoms with E-state index >= 15 is 0 Å². The van der Waals surface area contributed by atoms with Gasteiger partial charge in [-0.05, 0) is 43.3 Å². The number of benzene rings is 2. The third kappa shape index (κ3) is 5.95. The number of nitrogens with zero attached hydrogens (tertiary/aromatic N) is 4. The van der Waals surface area contributed by atoms with E-state index in [1.54, 1.807) is 28.9 Å². The molecule has 4 aromatic rings. The summed E-state index contributed by atoms with van der Waals surface area (Å²) in [6.45, 7) is 1.97. The molecule has 2 aromatic carbocycles. The highest BCUT2D eigenvalue weighted by atomic mass is 35.5. The van der Waals surface area contributed by atoms with Gasteiger partial charge in [0.15, 0.2) is 18.2 Å². The van der Waals surface area contributed by atoms with E-state index in [-0.39, 0.29) is 18.2 Å². The maximum Gasteiger partial charge on any atom is 0.416 e. The van der Waals surface area contributed by atoms with Crippen molar-refractivity contribution in [1.82, 2.24) is 19.6 Å². The molecule has 12 heteroatoms. The van der Waals surface area contributed by atoms with Gasteiger partial charge in [-0.15, -0.1) is 0 Å². The first kappa shape index (κ1) is 24.6. The molecule has 0 atom stereocenters. The number of alkyl halides is 3. The van der Waals surface area contributed by atoms with Gasteiger partial charge in [-0.2, -0.15) is 23.4 Å². The average Bonchev–Trinajstić information content (AvgIpc) is 3.41. The standard InChI is InChI=1S/C23H18Cl2F3N5O2/c1-14-10-21(31-33(14)12-17-18(24)6-3-7-19(17)25)29-22(34)20-8-9-32(30-20)13-35-16-5-2-4-15(11-16)23(26,27)28/h2-11H,12-13H2,1H3,(H,29,31,34). The van der Waals surface area contributed by atoms with Crippen LogP contribution in [-0.4, -0.2) is 25.5 Å². The van der Waals surface area contributed by atoms with E-state index in [0.29, 0.717) is 28.0 Å². The van der Waals surface area contributed by atoms with Crippen LogP contribution in [0.15, 0.2) is 60.8 Å². The van der Waals surface area contributed by atoms with Crippen molar-refractivity contribution in [1.29, 1.82) is 0 Å². The van der Waals surface area contributed by atoms with Crippen LogP contribution in [0.2, 0.25) is 10.0 Å². The summed E-state index contributed by atoms with van der Waals surface area (Å²) in [6, 6.07) is 12.9. The second-order valence-corrected chi connectivity index (χ2v) is 8.34. The Balaban J connectivity index is 1.38.